The molecule has 1 aromatic rings. The number of carbonyl (C=O) groups is 2. The van der Waals surface area contributed by atoms with Crippen molar-refractivity contribution in [2.75, 3.05) is 39.3 Å². The topological polar surface area (TPSA) is 52.7 Å². The smallest absolute Gasteiger partial charge is 0.253 e. The van der Waals surface area contributed by atoms with Crippen LogP contribution in [0, 0.1) is 13.8 Å². The van der Waals surface area contributed by atoms with E-state index in [0.29, 0.717) is 19.5 Å². The summed E-state index contributed by atoms with van der Waals surface area (Å²) in [6, 6.07) is 5.96. The van der Waals surface area contributed by atoms with Gasteiger partial charge in [-0.2, -0.15) is 0 Å². The van der Waals surface area contributed by atoms with Crippen molar-refractivity contribution in [2.45, 2.75) is 46.5 Å². The molecule has 0 saturated carbocycles. The fraction of sp³-hybridized carbons (Fsp3) is 0.619. The van der Waals surface area contributed by atoms with Gasteiger partial charge in [-0.3, -0.25) is 9.59 Å². The van der Waals surface area contributed by atoms with E-state index < -0.39 is 0 Å². The van der Waals surface area contributed by atoms with Gasteiger partial charge >= 0.3 is 0 Å². The molecule has 26 heavy (non-hydrogen) atoms. The third-order valence-electron chi connectivity index (χ3n) is 4.85. The maximum Gasteiger partial charge on any atom is 0.253 e. The van der Waals surface area contributed by atoms with Gasteiger partial charge in [-0.05, 0) is 32.4 Å². The van der Waals surface area contributed by atoms with Gasteiger partial charge in [0.2, 0.25) is 5.91 Å². The molecule has 0 spiro atoms. The van der Waals surface area contributed by atoms with E-state index in [9.17, 15) is 9.59 Å². The minimum atomic E-state index is 0.0426. The fourth-order valence-corrected chi connectivity index (χ4v) is 3.45. The van der Waals surface area contributed by atoms with Crippen molar-refractivity contribution in [3.8, 4) is 0 Å². The molecule has 5 heteroatoms. The van der Waals surface area contributed by atoms with Crippen LogP contribution in [0.15, 0.2) is 18.2 Å². The highest BCUT2D eigenvalue weighted by molar-refractivity contribution is 5.95. The summed E-state index contributed by atoms with van der Waals surface area (Å²) in [5.74, 6) is 0.196. The lowest BCUT2D eigenvalue weighted by Crippen LogP contribution is -2.47. The zero-order valence-corrected chi connectivity index (χ0v) is 16.5. The van der Waals surface area contributed by atoms with Crippen molar-refractivity contribution in [1.82, 2.24) is 15.1 Å². The summed E-state index contributed by atoms with van der Waals surface area (Å²) in [5.41, 5.74) is 2.92. The lowest BCUT2D eigenvalue weighted by molar-refractivity contribution is -0.131. The van der Waals surface area contributed by atoms with Crippen molar-refractivity contribution in [3.05, 3.63) is 34.9 Å². The molecule has 0 bridgehead atoms. The summed E-state index contributed by atoms with van der Waals surface area (Å²) in [5, 5.41) is 3.26. The van der Waals surface area contributed by atoms with E-state index >= 15 is 0 Å². The van der Waals surface area contributed by atoms with E-state index in [1.54, 1.807) is 0 Å². The Hall–Kier alpha value is -1.88. The summed E-state index contributed by atoms with van der Waals surface area (Å²) in [4.78, 5) is 29.3. The van der Waals surface area contributed by atoms with Crippen molar-refractivity contribution in [2.24, 2.45) is 0 Å². The van der Waals surface area contributed by atoms with Crippen molar-refractivity contribution >= 4 is 11.8 Å². The predicted octanol–water partition coefficient (Wildman–Crippen LogP) is 2.76. The van der Waals surface area contributed by atoms with Crippen LogP contribution >= 0.6 is 0 Å². The van der Waals surface area contributed by atoms with Crippen LogP contribution in [0.25, 0.3) is 0 Å². The number of nitrogens with zero attached hydrogens (tertiary/aromatic N) is 2. The Morgan fingerprint density at radius 2 is 1.69 bits per heavy atom. The Balaban J connectivity index is 2.01. The third kappa shape index (κ3) is 6.13. The van der Waals surface area contributed by atoms with Crippen molar-refractivity contribution in [1.29, 1.82) is 0 Å². The SMILES string of the molecule is CCCCCN(CCC(=O)N1CCNCC1)C(=O)c1cc(C)cc(C)c1. The van der Waals surface area contributed by atoms with E-state index in [0.717, 1.165) is 62.1 Å². The number of benzene rings is 1. The standard InChI is InChI=1S/C21H33N3O2/c1-4-5-6-10-24(11-7-20(25)23-12-8-22-9-13-23)21(26)19-15-17(2)14-18(3)16-19/h14-16,22H,4-13H2,1-3H3. The summed E-state index contributed by atoms with van der Waals surface area (Å²) in [6.07, 6.45) is 3.60. The van der Waals surface area contributed by atoms with Crippen LogP contribution in [-0.4, -0.2) is 60.9 Å². The van der Waals surface area contributed by atoms with Crippen LogP contribution < -0.4 is 5.32 Å². The molecule has 144 valence electrons. The Kier molecular flexibility index (Phi) is 8.10. The first kappa shape index (κ1) is 20.4. The van der Waals surface area contributed by atoms with Gasteiger partial charge in [0.25, 0.3) is 5.91 Å². The van der Waals surface area contributed by atoms with Gasteiger partial charge in [0, 0.05) is 51.3 Å². The molecule has 5 nitrogen and oxygen atoms in total. The second kappa shape index (κ2) is 10.3. The highest BCUT2D eigenvalue weighted by Crippen LogP contribution is 2.13. The number of rotatable bonds is 8. The maximum atomic E-state index is 13.0. The Labute approximate surface area is 157 Å². The average molecular weight is 360 g/mol. The molecule has 1 saturated heterocycles. The predicted molar refractivity (Wildman–Crippen MR) is 105 cm³/mol. The van der Waals surface area contributed by atoms with Crippen LogP contribution in [0.3, 0.4) is 0 Å². The quantitative estimate of drug-likeness (QED) is 0.726. The van der Waals surface area contributed by atoms with Gasteiger partial charge < -0.3 is 15.1 Å². The molecule has 1 aliphatic rings. The molecule has 1 heterocycles. The maximum absolute atomic E-state index is 13.0. The lowest BCUT2D eigenvalue weighted by atomic mass is 10.1. The van der Waals surface area contributed by atoms with E-state index in [-0.39, 0.29) is 11.8 Å². The highest BCUT2D eigenvalue weighted by Gasteiger charge is 2.20. The normalized spacial score (nSPS) is 14.3. The average Bonchev–Trinajstić information content (AvgIpc) is 2.63. The second-order valence-electron chi connectivity index (χ2n) is 7.26. The second-order valence-corrected chi connectivity index (χ2v) is 7.26. The molecule has 2 rings (SSSR count). The first-order chi connectivity index (χ1) is 12.5. The first-order valence-electron chi connectivity index (χ1n) is 9.87. The molecule has 0 aliphatic carbocycles. The molecule has 1 fully saturated rings. The lowest BCUT2D eigenvalue weighted by Gasteiger charge is -2.29. The summed E-state index contributed by atoms with van der Waals surface area (Å²) in [6.45, 7) is 10.6. The number of amides is 2. The van der Waals surface area contributed by atoms with Gasteiger partial charge in [-0.25, -0.2) is 0 Å². The summed E-state index contributed by atoms with van der Waals surface area (Å²) in [7, 11) is 0. The molecular formula is C21H33N3O2. The molecule has 1 aliphatic heterocycles. The largest absolute Gasteiger partial charge is 0.340 e. The number of unbranched alkanes of at least 4 members (excludes halogenated alkanes) is 2. The van der Waals surface area contributed by atoms with E-state index in [4.69, 9.17) is 0 Å². The van der Waals surface area contributed by atoms with Crippen LogP contribution in [0.4, 0.5) is 0 Å². The van der Waals surface area contributed by atoms with Gasteiger partial charge in [-0.15, -0.1) is 0 Å². The van der Waals surface area contributed by atoms with Crippen LogP contribution in [0.2, 0.25) is 0 Å². The van der Waals surface area contributed by atoms with Crippen LogP contribution in [-0.2, 0) is 4.79 Å². The molecule has 0 atom stereocenters. The monoisotopic (exact) mass is 359 g/mol. The van der Waals surface area contributed by atoms with Gasteiger partial charge in [0.1, 0.15) is 0 Å². The molecule has 2 amide bonds. The number of hydrogen-bond donors (Lipinski definition) is 1. The summed E-state index contributed by atoms with van der Waals surface area (Å²) < 4.78 is 0. The number of carbonyl (C=O) groups excluding carboxylic acids is 2. The van der Waals surface area contributed by atoms with E-state index in [1.165, 1.54) is 0 Å². The minimum absolute atomic E-state index is 0.0426. The van der Waals surface area contributed by atoms with E-state index in [1.807, 2.05) is 35.8 Å². The Bertz CT molecular complexity index is 589. The zero-order valence-electron chi connectivity index (χ0n) is 16.5. The van der Waals surface area contributed by atoms with E-state index in [2.05, 4.69) is 18.3 Å². The first-order valence-corrected chi connectivity index (χ1v) is 9.87. The number of hydrogen-bond acceptors (Lipinski definition) is 3. The fourth-order valence-electron chi connectivity index (χ4n) is 3.45. The van der Waals surface area contributed by atoms with Gasteiger partial charge in [-0.1, -0.05) is 37.0 Å². The molecular weight excluding hydrogens is 326 g/mol. The summed E-state index contributed by atoms with van der Waals surface area (Å²) >= 11 is 0. The Morgan fingerprint density at radius 3 is 2.31 bits per heavy atom. The van der Waals surface area contributed by atoms with Crippen LogP contribution in [0.5, 0.6) is 0 Å². The molecule has 0 radical (unpaired) electrons. The van der Waals surface area contributed by atoms with Gasteiger partial charge in [0.05, 0.1) is 0 Å². The van der Waals surface area contributed by atoms with Crippen molar-refractivity contribution < 1.29 is 9.59 Å². The molecule has 0 unspecified atom stereocenters. The minimum Gasteiger partial charge on any atom is -0.340 e. The Morgan fingerprint density at radius 1 is 1.04 bits per heavy atom. The highest BCUT2D eigenvalue weighted by atomic mass is 16.2. The molecule has 0 aromatic heterocycles. The number of aryl methyl sites for hydroxylation is 2. The molecule has 1 aromatic carbocycles. The van der Waals surface area contributed by atoms with Gasteiger partial charge in [0.15, 0.2) is 0 Å². The third-order valence-corrected chi connectivity index (χ3v) is 4.85. The number of nitrogens with one attached hydrogen (secondary N) is 1. The zero-order chi connectivity index (χ0) is 18.9. The van der Waals surface area contributed by atoms with Crippen molar-refractivity contribution in [3.63, 3.8) is 0 Å². The number of piperazine rings is 1. The molecule has 1 N–H and O–H groups in total. The van der Waals surface area contributed by atoms with Crippen LogP contribution in [0.1, 0.15) is 54.1 Å².